The van der Waals surface area contributed by atoms with E-state index in [0.717, 1.165) is 4.68 Å². The van der Waals surface area contributed by atoms with Gasteiger partial charge in [0, 0.05) is 12.1 Å². The van der Waals surface area contributed by atoms with Crippen LogP contribution in [0, 0.1) is 17.5 Å². The van der Waals surface area contributed by atoms with E-state index in [1.165, 1.54) is 13.8 Å². The van der Waals surface area contributed by atoms with E-state index in [1.54, 1.807) is 0 Å². The fraction of sp³-hybridized carbons (Fsp3) is 0.273. The SMILES string of the molecule is CC(C)(C(=O)O)n1nnnc1-c1c(F)cc(F)cc1F. The van der Waals surface area contributed by atoms with Gasteiger partial charge in [0.2, 0.25) is 0 Å². The van der Waals surface area contributed by atoms with Crippen LogP contribution in [0.5, 0.6) is 0 Å². The van der Waals surface area contributed by atoms with Gasteiger partial charge in [0.1, 0.15) is 17.5 Å². The van der Waals surface area contributed by atoms with Crippen LogP contribution in [-0.4, -0.2) is 31.3 Å². The van der Waals surface area contributed by atoms with Crippen molar-refractivity contribution in [2.45, 2.75) is 19.4 Å². The number of carbonyl (C=O) groups is 1. The summed E-state index contributed by atoms with van der Waals surface area (Å²) in [4.78, 5) is 11.2. The van der Waals surface area contributed by atoms with E-state index >= 15 is 0 Å². The van der Waals surface area contributed by atoms with Gasteiger partial charge in [-0.15, -0.1) is 5.10 Å². The number of hydrogen-bond acceptors (Lipinski definition) is 4. The van der Waals surface area contributed by atoms with Crippen molar-refractivity contribution in [1.82, 2.24) is 20.2 Å². The first kappa shape index (κ1) is 14.0. The highest BCUT2D eigenvalue weighted by atomic mass is 19.1. The van der Waals surface area contributed by atoms with Gasteiger partial charge in [0.05, 0.1) is 5.56 Å². The number of tetrazole rings is 1. The second-order valence-electron chi connectivity index (χ2n) is 4.52. The third-order valence-electron chi connectivity index (χ3n) is 2.75. The Bertz CT molecular complexity index is 661. The van der Waals surface area contributed by atoms with Gasteiger partial charge in [-0.1, -0.05) is 0 Å². The van der Waals surface area contributed by atoms with E-state index in [9.17, 15) is 18.0 Å². The molecule has 0 aliphatic carbocycles. The quantitative estimate of drug-likeness (QED) is 0.926. The number of aliphatic carboxylic acids is 1. The molecule has 0 saturated carbocycles. The van der Waals surface area contributed by atoms with Crippen molar-refractivity contribution in [3.63, 3.8) is 0 Å². The average molecular weight is 286 g/mol. The van der Waals surface area contributed by atoms with E-state index in [2.05, 4.69) is 15.5 Å². The lowest BCUT2D eigenvalue weighted by Crippen LogP contribution is -2.37. The molecule has 0 radical (unpaired) electrons. The number of carboxylic acid groups (broad SMARTS) is 1. The first-order valence-electron chi connectivity index (χ1n) is 5.42. The van der Waals surface area contributed by atoms with Crippen molar-refractivity contribution in [2.75, 3.05) is 0 Å². The summed E-state index contributed by atoms with van der Waals surface area (Å²) in [7, 11) is 0. The highest BCUT2D eigenvalue weighted by Gasteiger charge is 2.35. The molecule has 20 heavy (non-hydrogen) atoms. The number of nitrogens with zero attached hydrogens (tertiary/aromatic N) is 4. The molecule has 0 amide bonds. The Morgan fingerprint density at radius 3 is 2.30 bits per heavy atom. The summed E-state index contributed by atoms with van der Waals surface area (Å²) < 4.78 is 41.1. The predicted octanol–water partition coefficient (Wildman–Crippen LogP) is 1.58. The van der Waals surface area contributed by atoms with Crippen molar-refractivity contribution >= 4 is 5.97 Å². The average Bonchev–Trinajstić information content (AvgIpc) is 2.76. The molecule has 1 N–H and O–H groups in total. The molecule has 0 unspecified atom stereocenters. The van der Waals surface area contributed by atoms with Crippen molar-refractivity contribution in [3.05, 3.63) is 29.6 Å². The van der Waals surface area contributed by atoms with Gasteiger partial charge in [-0.2, -0.15) is 0 Å². The van der Waals surface area contributed by atoms with Gasteiger partial charge < -0.3 is 5.11 Å². The van der Waals surface area contributed by atoms with E-state index in [1.807, 2.05) is 0 Å². The highest BCUT2D eigenvalue weighted by molar-refractivity contribution is 5.76. The lowest BCUT2D eigenvalue weighted by atomic mass is 10.1. The van der Waals surface area contributed by atoms with Crippen LogP contribution in [0.15, 0.2) is 12.1 Å². The van der Waals surface area contributed by atoms with Gasteiger partial charge in [-0.3, -0.25) is 0 Å². The number of aromatic nitrogens is 4. The minimum atomic E-state index is -1.63. The summed E-state index contributed by atoms with van der Waals surface area (Å²) in [6.07, 6.45) is 0. The Morgan fingerprint density at radius 2 is 1.80 bits per heavy atom. The number of rotatable bonds is 3. The molecule has 0 spiro atoms. The van der Waals surface area contributed by atoms with Crippen LogP contribution in [-0.2, 0) is 10.3 Å². The minimum absolute atomic E-state index is 0.438. The molecular weight excluding hydrogens is 277 g/mol. The molecule has 1 aromatic carbocycles. The lowest BCUT2D eigenvalue weighted by Gasteiger charge is -2.20. The molecule has 9 heteroatoms. The zero-order valence-electron chi connectivity index (χ0n) is 10.4. The van der Waals surface area contributed by atoms with E-state index in [4.69, 9.17) is 5.11 Å². The summed E-state index contributed by atoms with van der Waals surface area (Å²) in [6.45, 7) is 2.52. The van der Waals surface area contributed by atoms with Gasteiger partial charge in [-0.25, -0.2) is 22.6 Å². The zero-order chi connectivity index (χ0) is 15.1. The van der Waals surface area contributed by atoms with Gasteiger partial charge >= 0.3 is 5.97 Å². The summed E-state index contributed by atoms with van der Waals surface area (Å²) >= 11 is 0. The Labute approximate surface area is 110 Å². The maximum absolute atomic E-state index is 13.7. The molecule has 2 rings (SSSR count). The van der Waals surface area contributed by atoms with Crippen LogP contribution in [0.1, 0.15) is 13.8 Å². The molecule has 0 bridgehead atoms. The molecule has 0 fully saturated rings. The van der Waals surface area contributed by atoms with Crippen LogP contribution in [0.3, 0.4) is 0 Å². The number of benzene rings is 1. The highest BCUT2D eigenvalue weighted by Crippen LogP contribution is 2.28. The Hall–Kier alpha value is -2.45. The molecule has 106 valence electrons. The fourth-order valence-corrected chi connectivity index (χ4v) is 1.57. The monoisotopic (exact) mass is 286 g/mol. The number of hydrogen-bond donors (Lipinski definition) is 1. The van der Waals surface area contributed by atoms with Crippen molar-refractivity contribution < 1.29 is 23.1 Å². The summed E-state index contributed by atoms with van der Waals surface area (Å²) in [6, 6.07) is 0.927. The molecule has 0 aliphatic heterocycles. The lowest BCUT2D eigenvalue weighted by molar-refractivity contribution is -0.146. The minimum Gasteiger partial charge on any atom is -0.479 e. The predicted molar refractivity (Wildman–Crippen MR) is 60.1 cm³/mol. The molecule has 0 atom stereocenters. The molecular formula is C11H9F3N4O2. The standard InChI is InChI=1S/C11H9F3N4O2/c1-11(2,10(19)20)18-9(15-16-17-18)8-6(13)3-5(12)4-7(8)14/h3-4H,1-2H3,(H,19,20). The van der Waals surface area contributed by atoms with Gasteiger partial charge in [-0.05, 0) is 24.3 Å². The van der Waals surface area contributed by atoms with Crippen LogP contribution >= 0.6 is 0 Å². The second-order valence-corrected chi connectivity index (χ2v) is 4.52. The van der Waals surface area contributed by atoms with Crippen LogP contribution in [0.25, 0.3) is 11.4 Å². The smallest absolute Gasteiger partial charge is 0.331 e. The topological polar surface area (TPSA) is 80.9 Å². The Kier molecular flexibility index (Phi) is 3.20. The largest absolute Gasteiger partial charge is 0.479 e. The fourth-order valence-electron chi connectivity index (χ4n) is 1.57. The maximum Gasteiger partial charge on any atom is 0.331 e. The normalized spacial score (nSPS) is 11.7. The molecule has 6 nitrogen and oxygen atoms in total. The summed E-state index contributed by atoms with van der Waals surface area (Å²) in [5, 5.41) is 19.2. The van der Waals surface area contributed by atoms with Crippen LogP contribution in [0.2, 0.25) is 0 Å². The molecule has 1 aromatic heterocycles. The summed E-state index contributed by atoms with van der Waals surface area (Å²) in [5.74, 6) is -5.28. The zero-order valence-corrected chi connectivity index (χ0v) is 10.4. The Morgan fingerprint density at radius 1 is 1.25 bits per heavy atom. The van der Waals surface area contributed by atoms with Gasteiger partial charge in [0.25, 0.3) is 0 Å². The molecule has 1 heterocycles. The molecule has 0 aliphatic rings. The van der Waals surface area contributed by atoms with E-state index in [0.29, 0.717) is 12.1 Å². The first-order valence-corrected chi connectivity index (χ1v) is 5.42. The van der Waals surface area contributed by atoms with Gasteiger partial charge in [0.15, 0.2) is 11.4 Å². The third kappa shape index (κ3) is 2.10. The number of carboxylic acids is 1. The number of halogens is 3. The summed E-state index contributed by atoms with van der Waals surface area (Å²) in [5.41, 5.74) is -2.32. The van der Waals surface area contributed by atoms with Crippen molar-refractivity contribution in [3.8, 4) is 11.4 Å². The van der Waals surface area contributed by atoms with Crippen molar-refractivity contribution in [2.24, 2.45) is 0 Å². The third-order valence-corrected chi connectivity index (χ3v) is 2.75. The van der Waals surface area contributed by atoms with Crippen molar-refractivity contribution in [1.29, 1.82) is 0 Å². The van der Waals surface area contributed by atoms with Crippen LogP contribution < -0.4 is 0 Å². The van der Waals surface area contributed by atoms with E-state index < -0.39 is 40.3 Å². The van der Waals surface area contributed by atoms with E-state index in [-0.39, 0.29) is 0 Å². The second kappa shape index (κ2) is 4.58. The Balaban J connectivity index is 2.68. The first-order chi connectivity index (χ1) is 9.25. The molecule has 2 aromatic rings. The molecule has 0 saturated heterocycles. The maximum atomic E-state index is 13.7. The van der Waals surface area contributed by atoms with Crippen LogP contribution in [0.4, 0.5) is 13.2 Å².